The molecule has 1 amide bonds. The largest absolute Gasteiger partial charge is 0.390 e. The van der Waals surface area contributed by atoms with E-state index in [1.807, 2.05) is 18.2 Å². The summed E-state index contributed by atoms with van der Waals surface area (Å²) in [7, 11) is 1.78. The highest BCUT2D eigenvalue weighted by Crippen LogP contribution is 2.11. The number of benzene rings is 1. The first-order valence-electron chi connectivity index (χ1n) is 6.87. The van der Waals surface area contributed by atoms with Gasteiger partial charge in [0.05, 0.1) is 12.1 Å². The standard InChI is InChI=1S/C15H22N2O2/c1-17(13-10-16-11-14(13)18)15(19)9-5-8-12-6-3-2-4-7-12/h2-4,6-7,13-14,16,18H,5,8-11H2,1H3/t13-,14-/m0/s1. The number of likely N-dealkylation sites (N-methyl/N-ethyl adjacent to an activating group) is 1. The molecule has 0 unspecified atom stereocenters. The second-order valence-electron chi connectivity index (χ2n) is 5.14. The van der Waals surface area contributed by atoms with E-state index in [-0.39, 0.29) is 11.9 Å². The van der Waals surface area contributed by atoms with Crippen molar-refractivity contribution in [1.29, 1.82) is 0 Å². The average Bonchev–Trinajstić information content (AvgIpc) is 2.85. The molecular weight excluding hydrogens is 240 g/mol. The smallest absolute Gasteiger partial charge is 0.222 e. The van der Waals surface area contributed by atoms with Crippen molar-refractivity contribution in [3.63, 3.8) is 0 Å². The number of hydrogen-bond acceptors (Lipinski definition) is 3. The first kappa shape index (κ1) is 14.0. The van der Waals surface area contributed by atoms with Crippen LogP contribution >= 0.6 is 0 Å². The minimum absolute atomic E-state index is 0.0794. The van der Waals surface area contributed by atoms with Crippen molar-refractivity contribution in [2.24, 2.45) is 0 Å². The Morgan fingerprint density at radius 3 is 2.74 bits per heavy atom. The van der Waals surface area contributed by atoms with Crippen LogP contribution in [0.25, 0.3) is 0 Å². The number of nitrogens with zero attached hydrogens (tertiary/aromatic N) is 1. The fourth-order valence-corrected chi connectivity index (χ4v) is 2.50. The van der Waals surface area contributed by atoms with E-state index >= 15 is 0 Å². The Bertz CT molecular complexity index is 408. The van der Waals surface area contributed by atoms with Crippen LogP contribution in [0.4, 0.5) is 0 Å². The monoisotopic (exact) mass is 262 g/mol. The first-order chi connectivity index (χ1) is 9.18. The summed E-state index contributed by atoms with van der Waals surface area (Å²) in [4.78, 5) is 13.7. The molecule has 0 saturated carbocycles. The number of nitrogens with one attached hydrogen (secondary N) is 1. The van der Waals surface area contributed by atoms with E-state index in [0.29, 0.717) is 19.5 Å². The van der Waals surface area contributed by atoms with Gasteiger partial charge in [0, 0.05) is 26.6 Å². The van der Waals surface area contributed by atoms with Crippen LogP contribution in [0.3, 0.4) is 0 Å². The van der Waals surface area contributed by atoms with Crippen molar-refractivity contribution in [3.05, 3.63) is 35.9 Å². The van der Waals surface area contributed by atoms with Gasteiger partial charge >= 0.3 is 0 Å². The van der Waals surface area contributed by atoms with Crippen LogP contribution in [0.5, 0.6) is 0 Å². The van der Waals surface area contributed by atoms with Crippen molar-refractivity contribution in [2.45, 2.75) is 31.4 Å². The molecule has 0 aromatic heterocycles. The normalized spacial score (nSPS) is 22.4. The van der Waals surface area contributed by atoms with Gasteiger partial charge in [-0.05, 0) is 18.4 Å². The van der Waals surface area contributed by atoms with E-state index in [1.54, 1.807) is 11.9 Å². The van der Waals surface area contributed by atoms with Crippen molar-refractivity contribution in [1.82, 2.24) is 10.2 Å². The topological polar surface area (TPSA) is 52.6 Å². The van der Waals surface area contributed by atoms with Gasteiger partial charge in [-0.2, -0.15) is 0 Å². The van der Waals surface area contributed by atoms with Gasteiger partial charge in [-0.25, -0.2) is 0 Å². The van der Waals surface area contributed by atoms with E-state index in [4.69, 9.17) is 0 Å². The molecule has 1 saturated heterocycles. The summed E-state index contributed by atoms with van der Waals surface area (Å²) in [5.41, 5.74) is 1.26. The zero-order valence-electron chi connectivity index (χ0n) is 11.4. The first-order valence-corrected chi connectivity index (χ1v) is 6.87. The Morgan fingerprint density at radius 2 is 2.11 bits per heavy atom. The molecule has 4 nitrogen and oxygen atoms in total. The molecule has 1 aliphatic rings. The van der Waals surface area contributed by atoms with Gasteiger partial charge in [-0.15, -0.1) is 0 Å². The number of carbonyl (C=O) groups is 1. The van der Waals surface area contributed by atoms with Crippen LogP contribution in [0.1, 0.15) is 18.4 Å². The molecular formula is C15H22N2O2. The zero-order chi connectivity index (χ0) is 13.7. The quantitative estimate of drug-likeness (QED) is 0.825. The Hall–Kier alpha value is -1.39. The summed E-state index contributed by atoms with van der Waals surface area (Å²) >= 11 is 0. The van der Waals surface area contributed by atoms with Gasteiger partial charge < -0.3 is 15.3 Å². The second kappa shape index (κ2) is 6.68. The molecule has 0 spiro atoms. The highest BCUT2D eigenvalue weighted by molar-refractivity contribution is 5.76. The maximum atomic E-state index is 12.1. The second-order valence-corrected chi connectivity index (χ2v) is 5.14. The lowest BCUT2D eigenvalue weighted by Crippen LogP contribution is -2.44. The highest BCUT2D eigenvalue weighted by atomic mass is 16.3. The average molecular weight is 262 g/mol. The third-order valence-corrected chi connectivity index (χ3v) is 3.74. The molecule has 1 aliphatic heterocycles. The number of rotatable bonds is 5. The number of aliphatic hydroxyl groups excluding tert-OH is 1. The Balaban J connectivity index is 1.75. The summed E-state index contributed by atoms with van der Waals surface area (Å²) in [5.74, 6) is 0.115. The van der Waals surface area contributed by atoms with E-state index in [1.165, 1.54) is 5.56 Å². The maximum absolute atomic E-state index is 12.1. The minimum atomic E-state index is -0.442. The Morgan fingerprint density at radius 1 is 1.37 bits per heavy atom. The number of aryl methyl sites for hydroxylation is 1. The Labute approximate surface area is 114 Å². The van der Waals surface area contributed by atoms with Crippen molar-refractivity contribution < 1.29 is 9.90 Å². The maximum Gasteiger partial charge on any atom is 0.222 e. The summed E-state index contributed by atoms with van der Waals surface area (Å²) in [6, 6.07) is 10.1. The predicted molar refractivity (Wildman–Crippen MR) is 74.8 cm³/mol. The lowest BCUT2D eigenvalue weighted by Gasteiger charge is -2.26. The van der Waals surface area contributed by atoms with E-state index in [9.17, 15) is 9.90 Å². The van der Waals surface area contributed by atoms with Crippen molar-refractivity contribution >= 4 is 5.91 Å². The molecule has 1 aromatic carbocycles. The van der Waals surface area contributed by atoms with Gasteiger partial charge in [0.25, 0.3) is 0 Å². The van der Waals surface area contributed by atoms with Crippen LogP contribution < -0.4 is 5.32 Å². The van der Waals surface area contributed by atoms with Gasteiger partial charge in [0.15, 0.2) is 0 Å². The van der Waals surface area contributed by atoms with E-state index in [0.717, 1.165) is 12.8 Å². The molecule has 4 heteroatoms. The zero-order valence-corrected chi connectivity index (χ0v) is 11.4. The van der Waals surface area contributed by atoms with Crippen molar-refractivity contribution in [2.75, 3.05) is 20.1 Å². The molecule has 2 N–H and O–H groups in total. The molecule has 1 aromatic rings. The van der Waals surface area contributed by atoms with Crippen LogP contribution in [0.2, 0.25) is 0 Å². The molecule has 104 valence electrons. The molecule has 1 heterocycles. The molecule has 1 fully saturated rings. The number of amides is 1. The summed E-state index contributed by atoms with van der Waals surface area (Å²) in [5, 5.41) is 12.9. The molecule has 0 radical (unpaired) electrons. The summed E-state index contributed by atoms with van der Waals surface area (Å²) < 4.78 is 0. The SMILES string of the molecule is CN(C(=O)CCCc1ccccc1)[C@H]1CNC[C@@H]1O. The highest BCUT2D eigenvalue weighted by Gasteiger charge is 2.30. The Kier molecular flexibility index (Phi) is 4.93. The number of aliphatic hydroxyl groups is 1. The van der Waals surface area contributed by atoms with Crippen LogP contribution in [-0.2, 0) is 11.2 Å². The van der Waals surface area contributed by atoms with Crippen LogP contribution in [-0.4, -0.2) is 48.2 Å². The lowest BCUT2D eigenvalue weighted by molar-refractivity contribution is -0.133. The fourth-order valence-electron chi connectivity index (χ4n) is 2.50. The number of carbonyl (C=O) groups excluding carboxylic acids is 1. The minimum Gasteiger partial charge on any atom is -0.390 e. The van der Waals surface area contributed by atoms with E-state index in [2.05, 4.69) is 17.4 Å². The van der Waals surface area contributed by atoms with Crippen LogP contribution in [0.15, 0.2) is 30.3 Å². The lowest BCUT2D eigenvalue weighted by atomic mass is 10.1. The van der Waals surface area contributed by atoms with E-state index < -0.39 is 6.10 Å². The van der Waals surface area contributed by atoms with Gasteiger partial charge in [-0.3, -0.25) is 4.79 Å². The van der Waals surface area contributed by atoms with Crippen molar-refractivity contribution in [3.8, 4) is 0 Å². The van der Waals surface area contributed by atoms with Gasteiger partial charge in [0.2, 0.25) is 5.91 Å². The number of hydrogen-bond donors (Lipinski definition) is 2. The molecule has 2 atom stereocenters. The third-order valence-electron chi connectivity index (χ3n) is 3.74. The third kappa shape index (κ3) is 3.78. The summed E-state index contributed by atoms with van der Waals surface area (Å²) in [6.07, 6.45) is 1.87. The molecule has 0 aliphatic carbocycles. The van der Waals surface area contributed by atoms with Crippen LogP contribution in [0, 0.1) is 0 Å². The fraction of sp³-hybridized carbons (Fsp3) is 0.533. The number of β-amino-alcohol motifs (C(OH)–C–C–N with tert-alkyl or cyclic N) is 1. The molecule has 19 heavy (non-hydrogen) atoms. The summed E-state index contributed by atoms with van der Waals surface area (Å²) in [6.45, 7) is 1.26. The molecule has 2 rings (SSSR count). The molecule has 0 bridgehead atoms. The predicted octanol–water partition coefficient (Wildman–Crippen LogP) is 0.800. The van der Waals surface area contributed by atoms with Gasteiger partial charge in [0.1, 0.15) is 0 Å². The van der Waals surface area contributed by atoms with Gasteiger partial charge in [-0.1, -0.05) is 30.3 Å².